The van der Waals surface area contributed by atoms with E-state index in [0.717, 1.165) is 56.1 Å². The van der Waals surface area contributed by atoms with E-state index in [1.165, 1.54) is 4.88 Å². The Morgan fingerprint density at radius 1 is 1.13 bits per heavy atom. The normalized spacial score (nSPS) is 11.9. The van der Waals surface area contributed by atoms with Crippen LogP contribution in [0.15, 0.2) is 72.9 Å². The zero-order valence-corrected chi connectivity index (χ0v) is 18.1. The number of allylic oxidation sites excluding steroid dienone is 2. The molecule has 5 rings (SSSR count). The van der Waals surface area contributed by atoms with E-state index in [0.29, 0.717) is 0 Å². The van der Waals surface area contributed by atoms with Crippen molar-refractivity contribution in [2.45, 2.75) is 13.8 Å². The summed E-state index contributed by atoms with van der Waals surface area (Å²) < 4.78 is 0. The lowest BCUT2D eigenvalue weighted by Crippen LogP contribution is -1.88. The van der Waals surface area contributed by atoms with Crippen molar-refractivity contribution in [2.24, 2.45) is 0 Å². The van der Waals surface area contributed by atoms with Crippen molar-refractivity contribution in [3.63, 3.8) is 0 Å². The molecule has 0 spiro atoms. The molecule has 0 aromatic carbocycles. The molecule has 0 aliphatic carbocycles. The quantitative estimate of drug-likeness (QED) is 0.325. The minimum atomic E-state index is 0.802. The fourth-order valence-corrected chi connectivity index (χ4v) is 4.53. The number of nitrogens with zero attached hydrogens (tertiary/aromatic N) is 3. The molecule has 0 bridgehead atoms. The molecule has 152 valence electrons. The average molecular weight is 424 g/mol. The van der Waals surface area contributed by atoms with E-state index in [-0.39, 0.29) is 0 Å². The molecule has 0 aliphatic heterocycles. The highest BCUT2D eigenvalue weighted by Crippen LogP contribution is 2.34. The van der Waals surface area contributed by atoms with Gasteiger partial charge in [0.25, 0.3) is 0 Å². The summed E-state index contributed by atoms with van der Waals surface area (Å²) in [5.41, 5.74) is 9.78. The van der Waals surface area contributed by atoms with Gasteiger partial charge in [-0.25, -0.2) is 4.98 Å². The third kappa shape index (κ3) is 3.51. The molecule has 0 atom stereocenters. The Morgan fingerprint density at radius 3 is 2.81 bits per heavy atom. The van der Waals surface area contributed by atoms with Gasteiger partial charge < -0.3 is 4.98 Å². The van der Waals surface area contributed by atoms with Crippen LogP contribution in [0.25, 0.3) is 39.3 Å². The van der Waals surface area contributed by atoms with Crippen molar-refractivity contribution >= 4 is 27.9 Å². The second kappa shape index (κ2) is 7.81. The number of H-pyrrole nitrogens is 2. The molecule has 0 amide bonds. The predicted molar refractivity (Wildman–Crippen MR) is 128 cm³/mol. The topological polar surface area (TPSA) is 70.2 Å². The molecule has 5 heterocycles. The third-order valence-electron chi connectivity index (χ3n) is 5.21. The number of hydrogen-bond acceptors (Lipinski definition) is 4. The number of fused-ring (bicyclic) bond motifs is 1. The van der Waals surface area contributed by atoms with Crippen LogP contribution in [0, 0.1) is 13.8 Å². The summed E-state index contributed by atoms with van der Waals surface area (Å²) in [4.78, 5) is 13.9. The molecule has 0 radical (unpaired) electrons. The van der Waals surface area contributed by atoms with Gasteiger partial charge in [0.15, 0.2) is 0 Å². The first-order chi connectivity index (χ1) is 15.1. The second-order valence-electron chi connectivity index (χ2n) is 7.43. The lowest BCUT2D eigenvalue weighted by Gasteiger charge is -2.03. The molecule has 5 aromatic heterocycles. The summed E-state index contributed by atoms with van der Waals surface area (Å²) in [5, 5.41) is 9.76. The average Bonchev–Trinajstić information content (AvgIpc) is 3.51. The van der Waals surface area contributed by atoms with Crippen molar-refractivity contribution in [2.75, 3.05) is 0 Å². The van der Waals surface area contributed by atoms with Gasteiger partial charge in [-0.05, 0) is 55.1 Å². The van der Waals surface area contributed by atoms with Crippen molar-refractivity contribution in [1.29, 1.82) is 0 Å². The summed E-state index contributed by atoms with van der Waals surface area (Å²) in [6, 6.07) is 12.4. The van der Waals surface area contributed by atoms with E-state index in [1.54, 1.807) is 11.3 Å². The fraction of sp³-hybridized carbons (Fsp3) is 0.0800. The molecular formula is C25H21N5S. The Hall–Kier alpha value is -3.77. The van der Waals surface area contributed by atoms with Crippen LogP contribution in [0.1, 0.15) is 21.7 Å². The summed E-state index contributed by atoms with van der Waals surface area (Å²) in [7, 11) is 0. The largest absolute Gasteiger partial charge is 0.357 e. The van der Waals surface area contributed by atoms with E-state index in [2.05, 4.69) is 69.4 Å². The smallest absolute Gasteiger partial charge is 0.135 e. The lowest BCUT2D eigenvalue weighted by atomic mass is 10.0. The molecule has 0 unspecified atom stereocenters. The monoisotopic (exact) mass is 423 g/mol. The minimum absolute atomic E-state index is 0.802. The first kappa shape index (κ1) is 19.2. The molecular weight excluding hydrogens is 402 g/mol. The van der Waals surface area contributed by atoms with Crippen LogP contribution in [0.3, 0.4) is 0 Å². The molecule has 0 fully saturated rings. The van der Waals surface area contributed by atoms with Gasteiger partial charge in [0, 0.05) is 39.7 Å². The minimum Gasteiger partial charge on any atom is -0.357 e. The van der Waals surface area contributed by atoms with Crippen LogP contribution in [0.5, 0.6) is 0 Å². The number of rotatable bonds is 5. The van der Waals surface area contributed by atoms with Crippen LogP contribution >= 0.6 is 11.3 Å². The van der Waals surface area contributed by atoms with Crippen LogP contribution in [-0.2, 0) is 0 Å². The highest BCUT2D eigenvalue weighted by atomic mass is 32.1. The van der Waals surface area contributed by atoms with Crippen LogP contribution < -0.4 is 0 Å². The summed E-state index contributed by atoms with van der Waals surface area (Å²) in [5.74, 6) is 0. The van der Waals surface area contributed by atoms with E-state index < -0.39 is 0 Å². The highest BCUT2D eigenvalue weighted by Gasteiger charge is 2.17. The van der Waals surface area contributed by atoms with Crippen molar-refractivity contribution < 1.29 is 0 Å². The third-order valence-corrected chi connectivity index (χ3v) is 6.11. The second-order valence-corrected chi connectivity index (χ2v) is 8.38. The van der Waals surface area contributed by atoms with Gasteiger partial charge in [0.2, 0.25) is 0 Å². The molecule has 5 aromatic rings. The van der Waals surface area contributed by atoms with Gasteiger partial charge in [-0.15, -0.1) is 11.3 Å². The van der Waals surface area contributed by atoms with Crippen molar-refractivity contribution in [3.8, 4) is 22.6 Å². The Labute approximate surface area is 184 Å². The Balaban J connectivity index is 1.62. The number of thiophene rings is 1. The number of nitrogens with one attached hydrogen (secondary N) is 2. The van der Waals surface area contributed by atoms with Crippen LogP contribution in [-0.4, -0.2) is 25.1 Å². The molecule has 2 N–H and O–H groups in total. The Bertz CT molecular complexity index is 1420. The molecule has 5 nitrogen and oxygen atoms in total. The van der Waals surface area contributed by atoms with Gasteiger partial charge >= 0.3 is 0 Å². The first-order valence-electron chi connectivity index (χ1n) is 9.98. The Kier molecular flexibility index (Phi) is 4.84. The van der Waals surface area contributed by atoms with Crippen LogP contribution in [0.4, 0.5) is 0 Å². The SMILES string of the molecule is C=C/C=C(/c1cccs1)c1cc(-c2n[nH]c3ccc(-c4cncc(C)c4)nc23)[nH]c1C. The fourth-order valence-electron chi connectivity index (χ4n) is 3.76. The maximum Gasteiger partial charge on any atom is 0.135 e. The first-order valence-corrected chi connectivity index (χ1v) is 10.9. The molecule has 0 saturated heterocycles. The molecule has 0 saturated carbocycles. The van der Waals surface area contributed by atoms with Gasteiger partial charge in [-0.2, -0.15) is 5.10 Å². The van der Waals surface area contributed by atoms with Gasteiger partial charge in [0.1, 0.15) is 11.2 Å². The number of hydrogen-bond donors (Lipinski definition) is 2. The molecule has 0 aliphatic rings. The lowest BCUT2D eigenvalue weighted by molar-refractivity contribution is 1.11. The zero-order valence-electron chi connectivity index (χ0n) is 17.3. The zero-order chi connectivity index (χ0) is 21.4. The van der Waals surface area contributed by atoms with Crippen LogP contribution in [0.2, 0.25) is 0 Å². The van der Waals surface area contributed by atoms with E-state index >= 15 is 0 Å². The van der Waals surface area contributed by atoms with Gasteiger partial charge in [-0.1, -0.05) is 24.8 Å². The van der Waals surface area contributed by atoms with Crippen molar-refractivity contribution in [1.82, 2.24) is 25.1 Å². The predicted octanol–water partition coefficient (Wildman–Crippen LogP) is 6.31. The maximum absolute atomic E-state index is 4.91. The number of aryl methyl sites for hydroxylation is 2. The maximum atomic E-state index is 4.91. The van der Waals surface area contributed by atoms with E-state index in [1.807, 2.05) is 37.5 Å². The highest BCUT2D eigenvalue weighted by molar-refractivity contribution is 7.11. The van der Waals surface area contributed by atoms with E-state index in [9.17, 15) is 0 Å². The summed E-state index contributed by atoms with van der Waals surface area (Å²) in [6.07, 6.45) is 7.56. The number of aromatic amines is 2. The molecule has 6 heteroatoms. The van der Waals surface area contributed by atoms with E-state index in [4.69, 9.17) is 4.98 Å². The summed E-state index contributed by atoms with van der Waals surface area (Å²) >= 11 is 1.71. The van der Waals surface area contributed by atoms with Gasteiger partial charge in [-0.3, -0.25) is 10.1 Å². The van der Waals surface area contributed by atoms with Gasteiger partial charge in [0.05, 0.1) is 16.9 Å². The standard InChI is InChI=1S/C25H21N5S/c1-4-6-18(23-7-5-10-31-23)19-12-22(27-16(19)3)25-24-21(29-30-25)9-8-20(28-24)17-11-15(2)13-26-14-17/h4-14,27H,1H2,2-3H3,(H,29,30)/b18-6+. The Morgan fingerprint density at radius 2 is 2.03 bits per heavy atom. The number of aromatic nitrogens is 5. The van der Waals surface area contributed by atoms with Crippen molar-refractivity contribution in [3.05, 3.63) is 94.6 Å². The summed E-state index contributed by atoms with van der Waals surface area (Å²) in [6.45, 7) is 8.00. The molecule has 31 heavy (non-hydrogen) atoms. The number of pyridine rings is 2.